The van der Waals surface area contributed by atoms with E-state index in [0.717, 1.165) is 0 Å². The summed E-state index contributed by atoms with van der Waals surface area (Å²) in [5.74, 6) is 0. The molecule has 0 spiro atoms. The van der Waals surface area contributed by atoms with Gasteiger partial charge in [0.15, 0.2) is 0 Å². The molecule has 0 fully saturated rings. The van der Waals surface area contributed by atoms with Crippen LogP contribution in [0.1, 0.15) is 19.5 Å². The summed E-state index contributed by atoms with van der Waals surface area (Å²) in [6, 6.07) is 0.117. The number of hydrogen-bond donors (Lipinski definition) is 3. The van der Waals surface area contributed by atoms with Crippen molar-refractivity contribution in [3.63, 3.8) is 0 Å². The van der Waals surface area contributed by atoms with Crippen LogP contribution < -0.4 is 10.9 Å². The second kappa shape index (κ2) is 4.36. The van der Waals surface area contributed by atoms with Crippen LogP contribution in [-0.4, -0.2) is 20.6 Å². The Morgan fingerprint density at radius 3 is 2.86 bits per heavy atom. The fourth-order valence-electron chi connectivity index (χ4n) is 0.989. The zero-order chi connectivity index (χ0) is 10.7. The van der Waals surface area contributed by atoms with Crippen LogP contribution in [-0.2, 0) is 0 Å². The molecule has 0 atom stereocenters. The molecule has 0 bridgehead atoms. The van der Waals surface area contributed by atoms with E-state index in [1.54, 1.807) is 0 Å². The van der Waals surface area contributed by atoms with E-state index >= 15 is 0 Å². The summed E-state index contributed by atoms with van der Waals surface area (Å²) >= 11 is 2.99. The molecule has 0 aliphatic rings. The summed E-state index contributed by atoms with van der Waals surface area (Å²) in [6.07, 6.45) is 1.28. The highest BCUT2D eigenvalue weighted by atomic mass is 79.9. The van der Waals surface area contributed by atoms with Crippen LogP contribution in [0.25, 0.3) is 0 Å². The fourth-order valence-corrected chi connectivity index (χ4v) is 1.29. The predicted octanol–water partition coefficient (Wildman–Crippen LogP) is 1.31. The number of halogens is 1. The van der Waals surface area contributed by atoms with Crippen molar-refractivity contribution in [1.29, 1.82) is 5.41 Å². The van der Waals surface area contributed by atoms with Gasteiger partial charge in [0, 0.05) is 6.04 Å². The first-order valence-corrected chi connectivity index (χ1v) is 4.90. The molecule has 3 N–H and O–H groups in total. The van der Waals surface area contributed by atoms with E-state index in [1.165, 1.54) is 6.33 Å². The number of aromatic amines is 1. The molecule has 0 amide bonds. The number of hydrogen-bond acceptors (Lipinski definition) is 4. The van der Waals surface area contributed by atoms with Gasteiger partial charge in [-0.25, -0.2) is 4.98 Å². The van der Waals surface area contributed by atoms with Crippen molar-refractivity contribution in [2.75, 3.05) is 5.32 Å². The maximum Gasteiger partial charge on any atom is 0.274 e. The first-order valence-electron chi connectivity index (χ1n) is 4.11. The first kappa shape index (κ1) is 10.9. The molecule has 0 aromatic carbocycles. The molecule has 6 heteroatoms. The Morgan fingerprint density at radius 2 is 2.36 bits per heavy atom. The average molecular weight is 259 g/mol. The largest absolute Gasteiger partial charge is 0.377 e. The Morgan fingerprint density at radius 1 is 1.71 bits per heavy atom. The van der Waals surface area contributed by atoms with Crippen molar-refractivity contribution < 1.29 is 0 Å². The molecule has 14 heavy (non-hydrogen) atoms. The summed E-state index contributed by atoms with van der Waals surface area (Å²) in [5.41, 5.74) is 0.375. The van der Waals surface area contributed by atoms with Crippen LogP contribution in [0.5, 0.6) is 0 Å². The molecule has 0 aliphatic carbocycles. The van der Waals surface area contributed by atoms with Gasteiger partial charge in [0.05, 0.1) is 6.33 Å². The van der Waals surface area contributed by atoms with Crippen LogP contribution in [0.4, 0.5) is 5.69 Å². The van der Waals surface area contributed by atoms with Crippen molar-refractivity contribution in [1.82, 2.24) is 9.97 Å². The lowest BCUT2D eigenvalue weighted by Crippen LogP contribution is -2.22. The third-order valence-electron chi connectivity index (χ3n) is 1.49. The van der Waals surface area contributed by atoms with Gasteiger partial charge < -0.3 is 10.3 Å². The second-order valence-electron chi connectivity index (χ2n) is 3.07. The Hall–Kier alpha value is -1.17. The normalized spacial score (nSPS) is 10.3. The minimum absolute atomic E-state index is 0.0896. The molecule has 1 aromatic rings. The van der Waals surface area contributed by atoms with E-state index in [0.29, 0.717) is 11.4 Å². The van der Waals surface area contributed by atoms with E-state index in [2.05, 4.69) is 31.2 Å². The molecule has 76 valence electrons. The monoisotopic (exact) mass is 258 g/mol. The highest BCUT2D eigenvalue weighted by Crippen LogP contribution is 2.10. The summed E-state index contributed by atoms with van der Waals surface area (Å²) < 4.78 is 0.0896. The Labute approximate surface area is 89.6 Å². The zero-order valence-corrected chi connectivity index (χ0v) is 9.47. The zero-order valence-electron chi connectivity index (χ0n) is 7.89. The van der Waals surface area contributed by atoms with E-state index in [-0.39, 0.29) is 16.2 Å². The van der Waals surface area contributed by atoms with Gasteiger partial charge in [0.2, 0.25) is 0 Å². The first-order chi connectivity index (χ1) is 6.52. The molecule has 0 aliphatic heterocycles. The molecule has 0 saturated heterocycles. The molecule has 1 aromatic heterocycles. The van der Waals surface area contributed by atoms with Crippen molar-refractivity contribution in [2.45, 2.75) is 19.9 Å². The lowest BCUT2D eigenvalue weighted by molar-refractivity contribution is 0.888. The number of anilines is 1. The highest BCUT2D eigenvalue weighted by Gasteiger charge is 2.11. The highest BCUT2D eigenvalue weighted by molar-refractivity contribution is 9.18. The Bertz CT molecular complexity index is 399. The number of aromatic nitrogens is 2. The molecular formula is C8H11BrN4O. The number of rotatable bonds is 3. The van der Waals surface area contributed by atoms with Crippen LogP contribution >= 0.6 is 15.9 Å². The van der Waals surface area contributed by atoms with Gasteiger partial charge in [0.25, 0.3) is 5.56 Å². The van der Waals surface area contributed by atoms with E-state index in [4.69, 9.17) is 5.41 Å². The van der Waals surface area contributed by atoms with Gasteiger partial charge in [-0.1, -0.05) is 0 Å². The fraction of sp³-hybridized carbons (Fsp3) is 0.375. The van der Waals surface area contributed by atoms with Crippen molar-refractivity contribution in [3.05, 3.63) is 22.4 Å². The van der Waals surface area contributed by atoms with Crippen molar-refractivity contribution in [3.8, 4) is 0 Å². The van der Waals surface area contributed by atoms with Crippen LogP contribution in [0.2, 0.25) is 0 Å². The number of H-pyrrole nitrogens is 1. The third-order valence-corrected chi connectivity index (χ3v) is 1.87. The molecule has 0 radical (unpaired) electrons. The topological polar surface area (TPSA) is 81.6 Å². The maximum atomic E-state index is 11.4. The van der Waals surface area contributed by atoms with E-state index < -0.39 is 0 Å². The second-order valence-corrected chi connectivity index (χ2v) is 3.86. The maximum absolute atomic E-state index is 11.4. The van der Waals surface area contributed by atoms with Crippen LogP contribution in [0.15, 0.2) is 11.1 Å². The summed E-state index contributed by atoms with van der Waals surface area (Å²) in [4.78, 5) is 17.8. The predicted molar refractivity (Wildman–Crippen MR) is 59.4 cm³/mol. The quantitative estimate of drug-likeness (QED) is 0.716. The van der Waals surface area contributed by atoms with Crippen molar-refractivity contribution in [2.24, 2.45) is 0 Å². The van der Waals surface area contributed by atoms with Gasteiger partial charge in [0.1, 0.15) is 16.0 Å². The van der Waals surface area contributed by atoms with Gasteiger partial charge in [-0.3, -0.25) is 10.2 Å². The molecule has 1 heterocycles. The lowest BCUT2D eigenvalue weighted by Gasteiger charge is -2.10. The summed E-state index contributed by atoms with van der Waals surface area (Å²) in [6.45, 7) is 3.82. The Balaban J connectivity index is 3.23. The van der Waals surface area contributed by atoms with Crippen LogP contribution in [0.3, 0.4) is 0 Å². The van der Waals surface area contributed by atoms with Gasteiger partial charge in [-0.2, -0.15) is 0 Å². The minimum atomic E-state index is -0.270. The number of nitrogens with one attached hydrogen (secondary N) is 3. The van der Waals surface area contributed by atoms with Gasteiger partial charge >= 0.3 is 0 Å². The summed E-state index contributed by atoms with van der Waals surface area (Å²) in [7, 11) is 0. The summed E-state index contributed by atoms with van der Waals surface area (Å²) in [5, 5.41) is 10.3. The van der Waals surface area contributed by atoms with E-state index in [1.807, 2.05) is 13.8 Å². The molecule has 1 rings (SSSR count). The molecule has 0 unspecified atom stereocenters. The van der Waals surface area contributed by atoms with Gasteiger partial charge in [-0.15, -0.1) is 0 Å². The third kappa shape index (κ3) is 2.41. The molecule has 5 nitrogen and oxygen atoms in total. The lowest BCUT2D eigenvalue weighted by atomic mass is 10.3. The van der Waals surface area contributed by atoms with Gasteiger partial charge in [-0.05, 0) is 29.8 Å². The standard InChI is InChI=1S/C8H11BrN4O/c1-4(2)13-6-5(7(9)10)11-3-12-8(6)14/h3-4,10,13H,1-2H3,(H,11,12,14). The van der Waals surface area contributed by atoms with Crippen LogP contribution in [0, 0.1) is 5.41 Å². The minimum Gasteiger partial charge on any atom is -0.377 e. The SMILES string of the molecule is CC(C)Nc1c(C(=N)Br)nc[nH]c1=O. The Kier molecular flexibility index (Phi) is 3.40. The number of nitrogens with zero attached hydrogens (tertiary/aromatic N) is 1. The average Bonchev–Trinajstić information content (AvgIpc) is 2.07. The molecular weight excluding hydrogens is 248 g/mol. The van der Waals surface area contributed by atoms with E-state index in [9.17, 15) is 4.79 Å². The smallest absolute Gasteiger partial charge is 0.274 e. The van der Waals surface area contributed by atoms with Crippen molar-refractivity contribution >= 4 is 26.2 Å². The molecule has 0 saturated carbocycles.